The van der Waals surface area contributed by atoms with Crippen molar-refractivity contribution in [2.45, 2.75) is 13.5 Å². The summed E-state index contributed by atoms with van der Waals surface area (Å²) in [7, 11) is 0. The second-order valence-corrected chi connectivity index (χ2v) is 4.64. The SMILES string of the molecule is Cc1ccnn1Cc1ccc(Cl)s1. The van der Waals surface area contributed by atoms with Gasteiger partial charge in [-0.05, 0) is 25.1 Å². The Hall–Kier alpha value is -0.800. The number of hydrogen-bond donors (Lipinski definition) is 0. The molecule has 0 aliphatic rings. The summed E-state index contributed by atoms with van der Waals surface area (Å²) in [5.41, 5.74) is 1.17. The summed E-state index contributed by atoms with van der Waals surface area (Å²) in [6, 6.07) is 5.95. The molecule has 13 heavy (non-hydrogen) atoms. The largest absolute Gasteiger partial charge is 0.265 e. The van der Waals surface area contributed by atoms with Crippen molar-refractivity contribution in [2.24, 2.45) is 0 Å². The minimum Gasteiger partial charge on any atom is -0.265 e. The Labute approximate surface area is 85.8 Å². The van der Waals surface area contributed by atoms with Crippen LogP contribution in [0.3, 0.4) is 0 Å². The third-order valence-corrected chi connectivity index (χ3v) is 3.08. The molecule has 0 saturated carbocycles. The van der Waals surface area contributed by atoms with Crippen LogP contribution in [0, 0.1) is 6.92 Å². The lowest BCUT2D eigenvalue weighted by atomic mass is 10.4. The highest BCUT2D eigenvalue weighted by Gasteiger charge is 2.01. The van der Waals surface area contributed by atoms with Gasteiger partial charge in [-0.2, -0.15) is 5.10 Å². The quantitative estimate of drug-likeness (QED) is 0.749. The molecule has 0 aliphatic heterocycles. The van der Waals surface area contributed by atoms with Crippen molar-refractivity contribution in [1.29, 1.82) is 0 Å². The van der Waals surface area contributed by atoms with E-state index in [1.54, 1.807) is 11.3 Å². The first-order valence-corrected chi connectivity index (χ1v) is 5.18. The fraction of sp³-hybridized carbons (Fsp3) is 0.222. The van der Waals surface area contributed by atoms with Gasteiger partial charge in [-0.1, -0.05) is 11.6 Å². The maximum atomic E-state index is 5.83. The Balaban J connectivity index is 2.19. The summed E-state index contributed by atoms with van der Waals surface area (Å²) in [5, 5.41) is 4.20. The summed E-state index contributed by atoms with van der Waals surface area (Å²) in [5.74, 6) is 0. The minimum absolute atomic E-state index is 0.816. The van der Waals surface area contributed by atoms with Gasteiger partial charge >= 0.3 is 0 Å². The molecule has 0 N–H and O–H groups in total. The highest BCUT2D eigenvalue weighted by molar-refractivity contribution is 7.16. The monoisotopic (exact) mass is 212 g/mol. The van der Waals surface area contributed by atoms with Crippen molar-refractivity contribution in [3.63, 3.8) is 0 Å². The number of aromatic nitrogens is 2. The van der Waals surface area contributed by atoms with Crippen LogP contribution in [0.1, 0.15) is 10.6 Å². The molecule has 2 aromatic heterocycles. The lowest BCUT2D eigenvalue weighted by Gasteiger charge is -2.00. The Kier molecular flexibility index (Phi) is 2.38. The van der Waals surface area contributed by atoms with Gasteiger partial charge < -0.3 is 0 Å². The summed E-state index contributed by atoms with van der Waals surface area (Å²) in [4.78, 5) is 1.23. The standard InChI is InChI=1S/C9H9ClN2S/c1-7-4-5-11-12(7)6-8-2-3-9(10)13-8/h2-5H,6H2,1H3. The lowest BCUT2D eigenvalue weighted by Crippen LogP contribution is -2.01. The molecule has 4 heteroatoms. The fourth-order valence-corrected chi connectivity index (χ4v) is 2.22. The zero-order chi connectivity index (χ0) is 9.26. The van der Waals surface area contributed by atoms with Gasteiger partial charge in [0.05, 0.1) is 10.9 Å². The Morgan fingerprint density at radius 2 is 2.31 bits per heavy atom. The van der Waals surface area contributed by atoms with Crippen LogP contribution in [-0.2, 0) is 6.54 Å². The number of aryl methyl sites for hydroxylation is 1. The summed E-state index contributed by atoms with van der Waals surface area (Å²) >= 11 is 7.43. The maximum absolute atomic E-state index is 5.83. The van der Waals surface area contributed by atoms with Crippen molar-refractivity contribution < 1.29 is 0 Å². The number of halogens is 1. The molecular formula is C9H9ClN2S. The first-order chi connectivity index (χ1) is 6.25. The van der Waals surface area contributed by atoms with Gasteiger partial charge in [0.1, 0.15) is 0 Å². The van der Waals surface area contributed by atoms with E-state index in [1.807, 2.05) is 36.0 Å². The van der Waals surface area contributed by atoms with Gasteiger partial charge in [-0.25, -0.2) is 0 Å². The van der Waals surface area contributed by atoms with E-state index in [2.05, 4.69) is 5.10 Å². The topological polar surface area (TPSA) is 17.8 Å². The number of hydrogen-bond acceptors (Lipinski definition) is 2. The van der Waals surface area contributed by atoms with Gasteiger partial charge in [0.25, 0.3) is 0 Å². The molecule has 0 atom stereocenters. The summed E-state index contributed by atoms with van der Waals surface area (Å²) in [6.07, 6.45) is 1.81. The van der Waals surface area contributed by atoms with Crippen LogP contribution in [0.5, 0.6) is 0 Å². The molecule has 0 saturated heterocycles. The van der Waals surface area contributed by atoms with E-state index >= 15 is 0 Å². The molecule has 0 fully saturated rings. The van der Waals surface area contributed by atoms with Crippen LogP contribution in [0.15, 0.2) is 24.4 Å². The average Bonchev–Trinajstić information content (AvgIpc) is 2.64. The molecule has 2 rings (SSSR count). The van der Waals surface area contributed by atoms with Gasteiger partial charge in [0.15, 0.2) is 0 Å². The van der Waals surface area contributed by atoms with Gasteiger partial charge in [-0.15, -0.1) is 11.3 Å². The summed E-state index contributed by atoms with van der Waals surface area (Å²) in [6.45, 7) is 2.86. The predicted molar refractivity (Wildman–Crippen MR) is 55.4 cm³/mol. The molecule has 0 aromatic carbocycles. The van der Waals surface area contributed by atoms with Gasteiger partial charge in [-0.3, -0.25) is 4.68 Å². The zero-order valence-corrected chi connectivity index (χ0v) is 8.77. The molecule has 0 unspecified atom stereocenters. The van der Waals surface area contributed by atoms with E-state index in [0.29, 0.717) is 0 Å². The zero-order valence-electron chi connectivity index (χ0n) is 7.20. The molecule has 0 bridgehead atoms. The molecule has 0 spiro atoms. The highest BCUT2D eigenvalue weighted by atomic mass is 35.5. The smallest absolute Gasteiger partial charge is 0.0931 e. The molecular weight excluding hydrogens is 204 g/mol. The number of rotatable bonds is 2. The van der Waals surface area contributed by atoms with E-state index in [-0.39, 0.29) is 0 Å². The first kappa shape index (κ1) is 8.78. The van der Waals surface area contributed by atoms with E-state index < -0.39 is 0 Å². The third-order valence-electron chi connectivity index (χ3n) is 1.86. The van der Waals surface area contributed by atoms with Crippen molar-refractivity contribution >= 4 is 22.9 Å². The van der Waals surface area contributed by atoms with Crippen LogP contribution in [0.4, 0.5) is 0 Å². The second kappa shape index (κ2) is 3.52. The lowest BCUT2D eigenvalue weighted by molar-refractivity contribution is 0.672. The van der Waals surface area contributed by atoms with Crippen molar-refractivity contribution in [3.8, 4) is 0 Å². The molecule has 0 aliphatic carbocycles. The molecule has 0 amide bonds. The fourth-order valence-electron chi connectivity index (χ4n) is 1.15. The number of thiophene rings is 1. The van der Waals surface area contributed by atoms with Crippen molar-refractivity contribution in [2.75, 3.05) is 0 Å². The van der Waals surface area contributed by atoms with Gasteiger partial charge in [0, 0.05) is 16.8 Å². The van der Waals surface area contributed by atoms with Crippen LogP contribution in [-0.4, -0.2) is 9.78 Å². The van der Waals surface area contributed by atoms with Crippen LogP contribution < -0.4 is 0 Å². The van der Waals surface area contributed by atoms with Crippen molar-refractivity contribution in [1.82, 2.24) is 9.78 Å². The van der Waals surface area contributed by atoms with Gasteiger partial charge in [0.2, 0.25) is 0 Å². The molecule has 68 valence electrons. The van der Waals surface area contributed by atoms with Crippen LogP contribution in [0.25, 0.3) is 0 Å². The molecule has 2 heterocycles. The van der Waals surface area contributed by atoms with Crippen LogP contribution >= 0.6 is 22.9 Å². The van der Waals surface area contributed by atoms with E-state index in [1.165, 1.54) is 10.6 Å². The first-order valence-electron chi connectivity index (χ1n) is 3.98. The number of nitrogens with zero attached hydrogens (tertiary/aromatic N) is 2. The maximum Gasteiger partial charge on any atom is 0.0931 e. The van der Waals surface area contributed by atoms with E-state index in [9.17, 15) is 0 Å². The molecule has 0 radical (unpaired) electrons. The van der Waals surface area contributed by atoms with E-state index in [4.69, 9.17) is 11.6 Å². The average molecular weight is 213 g/mol. The molecule has 2 nitrogen and oxygen atoms in total. The Morgan fingerprint density at radius 3 is 2.85 bits per heavy atom. The third kappa shape index (κ3) is 1.92. The normalized spacial score (nSPS) is 10.6. The van der Waals surface area contributed by atoms with Crippen LogP contribution in [0.2, 0.25) is 4.34 Å². The van der Waals surface area contributed by atoms with E-state index in [0.717, 1.165) is 10.9 Å². The highest BCUT2D eigenvalue weighted by Crippen LogP contribution is 2.22. The Bertz CT molecular complexity index is 405. The summed E-state index contributed by atoms with van der Waals surface area (Å²) < 4.78 is 2.79. The minimum atomic E-state index is 0.816. The second-order valence-electron chi connectivity index (χ2n) is 2.84. The Morgan fingerprint density at radius 1 is 1.46 bits per heavy atom. The van der Waals surface area contributed by atoms with Crippen molar-refractivity contribution in [3.05, 3.63) is 39.3 Å². The molecule has 2 aromatic rings. The predicted octanol–water partition coefficient (Wildman–Crippen LogP) is 2.95.